The molecule has 2 aromatic carbocycles. The molecule has 0 aliphatic heterocycles. The van der Waals surface area contributed by atoms with Crippen molar-refractivity contribution in [2.45, 2.75) is 6.18 Å². The molecule has 0 amide bonds. The van der Waals surface area contributed by atoms with Gasteiger partial charge in [0.05, 0.1) is 28.9 Å². The van der Waals surface area contributed by atoms with Gasteiger partial charge in [0.1, 0.15) is 5.75 Å². The highest BCUT2D eigenvalue weighted by Gasteiger charge is 2.35. The highest BCUT2D eigenvalue weighted by Crippen LogP contribution is 2.36. The molecule has 0 saturated carbocycles. The normalized spacial score (nSPS) is 11.6. The van der Waals surface area contributed by atoms with Gasteiger partial charge in [0, 0.05) is 6.07 Å². The van der Waals surface area contributed by atoms with Crippen LogP contribution in [0.25, 0.3) is 17.1 Å². The number of rotatable bonds is 3. The van der Waals surface area contributed by atoms with Crippen LogP contribution in [0.15, 0.2) is 51.7 Å². The predicted molar refractivity (Wildman–Crippen MR) is 84.1 cm³/mol. The summed E-state index contributed by atoms with van der Waals surface area (Å²) in [6.07, 6.45) is -4.62. The summed E-state index contributed by atoms with van der Waals surface area (Å²) in [5, 5.41) is 4.02. The van der Waals surface area contributed by atoms with Crippen LogP contribution in [-0.4, -0.2) is 16.9 Å². The summed E-state index contributed by atoms with van der Waals surface area (Å²) in [6.45, 7) is 0. The molecule has 1 heterocycles. The van der Waals surface area contributed by atoms with Crippen molar-refractivity contribution in [2.24, 2.45) is 0 Å². The number of aromatic nitrogens is 2. The lowest BCUT2D eigenvalue weighted by Crippen LogP contribution is -2.14. The van der Waals surface area contributed by atoms with Gasteiger partial charge in [-0.05, 0) is 24.3 Å². The van der Waals surface area contributed by atoms with Crippen molar-refractivity contribution >= 4 is 11.6 Å². The number of hydrogen-bond donors (Lipinski definition) is 0. The Kier molecular flexibility index (Phi) is 4.30. The first-order valence-electron chi connectivity index (χ1n) is 6.92. The number of alkyl halides is 3. The van der Waals surface area contributed by atoms with Crippen LogP contribution in [0.5, 0.6) is 5.75 Å². The molecular weight excluding hydrogens is 361 g/mol. The second-order valence-corrected chi connectivity index (χ2v) is 5.35. The standard InChI is InChI=1S/C16H10ClF3N2O3/c1-24-9-6-7-12(17)13(8-9)22-15(23)25-14(21-22)10-4-2-3-5-11(10)16(18,19)20/h2-8H,1H3. The molecular formula is C16H10ClF3N2O3. The molecule has 3 rings (SSSR count). The summed E-state index contributed by atoms with van der Waals surface area (Å²) in [4.78, 5) is 12.1. The lowest BCUT2D eigenvalue weighted by molar-refractivity contribution is -0.137. The Morgan fingerprint density at radius 2 is 1.92 bits per heavy atom. The van der Waals surface area contributed by atoms with Crippen LogP contribution in [0, 0.1) is 0 Å². The van der Waals surface area contributed by atoms with Crippen molar-refractivity contribution < 1.29 is 22.3 Å². The first-order valence-corrected chi connectivity index (χ1v) is 7.29. The Bertz CT molecular complexity index is 979. The first kappa shape index (κ1) is 17.1. The molecule has 1 aromatic heterocycles. The maximum absolute atomic E-state index is 13.1. The zero-order chi connectivity index (χ0) is 18.2. The van der Waals surface area contributed by atoms with Crippen LogP contribution >= 0.6 is 11.6 Å². The molecule has 25 heavy (non-hydrogen) atoms. The van der Waals surface area contributed by atoms with Crippen molar-refractivity contribution in [3.63, 3.8) is 0 Å². The van der Waals surface area contributed by atoms with Gasteiger partial charge in [-0.1, -0.05) is 23.7 Å². The number of benzene rings is 2. The van der Waals surface area contributed by atoms with Crippen molar-refractivity contribution in [3.8, 4) is 22.9 Å². The van der Waals surface area contributed by atoms with E-state index in [1.54, 1.807) is 6.07 Å². The molecule has 0 fully saturated rings. The van der Waals surface area contributed by atoms with Gasteiger partial charge < -0.3 is 9.15 Å². The van der Waals surface area contributed by atoms with E-state index >= 15 is 0 Å². The number of hydrogen-bond acceptors (Lipinski definition) is 4. The van der Waals surface area contributed by atoms with Crippen molar-refractivity contribution in [3.05, 3.63) is 63.6 Å². The molecule has 0 saturated heterocycles. The Balaban J connectivity index is 2.17. The molecule has 5 nitrogen and oxygen atoms in total. The smallest absolute Gasteiger partial charge is 0.442 e. The van der Waals surface area contributed by atoms with Crippen LogP contribution in [-0.2, 0) is 6.18 Å². The molecule has 0 aliphatic rings. The van der Waals surface area contributed by atoms with E-state index in [2.05, 4.69) is 5.10 Å². The Morgan fingerprint density at radius 3 is 2.60 bits per heavy atom. The molecule has 0 radical (unpaired) electrons. The highest BCUT2D eigenvalue weighted by atomic mass is 35.5. The van der Waals surface area contributed by atoms with Crippen LogP contribution in [0.2, 0.25) is 5.02 Å². The molecule has 130 valence electrons. The van der Waals surface area contributed by atoms with Gasteiger partial charge in [0.25, 0.3) is 0 Å². The summed E-state index contributed by atoms with van der Waals surface area (Å²) in [6, 6.07) is 9.14. The van der Waals surface area contributed by atoms with E-state index in [4.69, 9.17) is 20.8 Å². The van der Waals surface area contributed by atoms with Crippen LogP contribution in [0.3, 0.4) is 0 Å². The summed E-state index contributed by atoms with van der Waals surface area (Å²) < 4.78 is 50.2. The minimum absolute atomic E-state index is 0.130. The van der Waals surface area contributed by atoms with Gasteiger partial charge in [-0.15, -0.1) is 5.10 Å². The molecule has 0 unspecified atom stereocenters. The van der Waals surface area contributed by atoms with Crippen LogP contribution in [0.4, 0.5) is 13.2 Å². The Hall–Kier alpha value is -2.74. The molecule has 0 bridgehead atoms. The van der Waals surface area contributed by atoms with E-state index in [0.717, 1.165) is 10.7 Å². The number of methoxy groups -OCH3 is 1. The van der Waals surface area contributed by atoms with E-state index < -0.39 is 23.4 Å². The largest absolute Gasteiger partial charge is 0.497 e. The van der Waals surface area contributed by atoms with Gasteiger partial charge in [-0.3, -0.25) is 0 Å². The topological polar surface area (TPSA) is 57.3 Å². The molecule has 0 aliphatic carbocycles. The van der Waals surface area contributed by atoms with E-state index in [9.17, 15) is 18.0 Å². The van der Waals surface area contributed by atoms with Crippen LogP contribution in [0.1, 0.15) is 5.56 Å². The molecule has 3 aromatic rings. The molecule has 9 heteroatoms. The van der Waals surface area contributed by atoms with Gasteiger partial charge in [0.15, 0.2) is 0 Å². The van der Waals surface area contributed by atoms with Gasteiger partial charge in [0.2, 0.25) is 5.89 Å². The van der Waals surface area contributed by atoms with Gasteiger partial charge in [-0.2, -0.15) is 17.9 Å². The highest BCUT2D eigenvalue weighted by molar-refractivity contribution is 6.32. The SMILES string of the molecule is COc1ccc(Cl)c(-n2nc(-c3ccccc3C(F)(F)F)oc2=O)c1. The van der Waals surface area contributed by atoms with E-state index in [0.29, 0.717) is 5.75 Å². The van der Waals surface area contributed by atoms with Crippen molar-refractivity contribution in [2.75, 3.05) is 7.11 Å². The lowest BCUT2D eigenvalue weighted by Gasteiger charge is -2.09. The Morgan fingerprint density at radius 1 is 1.20 bits per heavy atom. The maximum atomic E-state index is 13.1. The third-order valence-electron chi connectivity index (χ3n) is 3.39. The summed E-state index contributed by atoms with van der Waals surface area (Å²) in [5.41, 5.74) is -1.17. The zero-order valence-electron chi connectivity index (χ0n) is 12.7. The van der Waals surface area contributed by atoms with E-state index in [-0.39, 0.29) is 16.3 Å². The number of ether oxygens (including phenoxy) is 1. The molecule has 0 atom stereocenters. The average molecular weight is 371 g/mol. The quantitative estimate of drug-likeness (QED) is 0.694. The average Bonchev–Trinajstić information content (AvgIpc) is 2.96. The van der Waals surface area contributed by atoms with Crippen molar-refractivity contribution in [1.29, 1.82) is 0 Å². The fourth-order valence-electron chi connectivity index (χ4n) is 2.24. The maximum Gasteiger partial charge on any atom is 0.442 e. The second kappa shape index (κ2) is 6.29. The Labute approximate surface area is 144 Å². The minimum Gasteiger partial charge on any atom is -0.497 e. The predicted octanol–water partition coefficient (Wildman–Crippen LogP) is 4.17. The fourth-order valence-corrected chi connectivity index (χ4v) is 2.44. The van der Waals surface area contributed by atoms with Gasteiger partial charge in [-0.25, -0.2) is 4.79 Å². The first-order chi connectivity index (χ1) is 11.8. The zero-order valence-corrected chi connectivity index (χ0v) is 13.4. The third kappa shape index (κ3) is 3.25. The summed E-state index contributed by atoms with van der Waals surface area (Å²) >= 11 is 6.04. The number of nitrogens with zero attached hydrogens (tertiary/aromatic N) is 2. The second-order valence-electron chi connectivity index (χ2n) is 4.95. The van der Waals surface area contributed by atoms with E-state index in [1.807, 2.05) is 0 Å². The lowest BCUT2D eigenvalue weighted by atomic mass is 10.1. The van der Waals surface area contributed by atoms with Gasteiger partial charge >= 0.3 is 11.9 Å². The summed E-state index contributed by atoms with van der Waals surface area (Å²) in [5.74, 6) is -1.04. The monoisotopic (exact) mass is 370 g/mol. The van der Waals surface area contributed by atoms with E-state index in [1.165, 1.54) is 37.4 Å². The molecule has 0 spiro atoms. The molecule has 0 N–H and O–H groups in total. The summed E-state index contributed by atoms with van der Waals surface area (Å²) in [7, 11) is 1.42. The minimum atomic E-state index is -4.62. The van der Waals surface area contributed by atoms with Crippen LogP contribution < -0.4 is 10.5 Å². The number of halogens is 4. The van der Waals surface area contributed by atoms with Crippen molar-refractivity contribution in [1.82, 2.24) is 9.78 Å². The fraction of sp³-hybridized carbons (Fsp3) is 0.125. The third-order valence-corrected chi connectivity index (χ3v) is 3.71.